The van der Waals surface area contributed by atoms with E-state index in [0.717, 1.165) is 5.56 Å². The largest absolute Gasteiger partial charge is 0.348 e. The molecule has 0 saturated carbocycles. The molecule has 7 nitrogen and oxygen atoms in total. The summed E-state index contributed by atoms with van der Waals surface area (Å²) < 4.78 is 2.91. The second-order valence-electron chi connectivity index (χ2n) is 5.83. The summed E-state index contributed by atoms with van der Waals surface area (Å²) in [6.07, 6.45) is 3.47. The van der Waals surface area contributed by atoms with Gasteiger partial charge >= 0.3 is 0 Å². The molecule has 3 aromatic rings. The van der Waals surface area contributed by atoms with Crippen molar-refractivity contribution < 1.29 is 4.79 Å². The van der Waals surface area contributed by atoms with E-state index < -0.39 is 0 Å². The highest BCUT2D eigenvalue weighted by Gasteiger charge is 2.16. The molecule has 0 saturated heterocycles. The Labute approximate surface area is 164 Å². The second-order valence-corrected chi connectivity index (χ2v) is 6.81. The van der Waals surface area contributed by atoms with Crippen molar-refractivity contribution in [3.05, 3.63) is 57.9 Å². The molecule has 0 fully saturated rings. The molecule has 0 spiro atoms. The Balaban J connectivity index is 2.14. The molecule has 26 heavy (non-hydrogen) atoms. The Morgan fingerprint density at radius 3 is 2.81 bits per heavy atom. The van der Waals surface area contributed by atoms with E-state index in [0.29, 0.717) is 22.3 Å². The number of rotatable bonds is 2. The fourth-order valence-electron chi connectivity index (χ4n) is 2.68. The number of benzene rings is 1. The molecule has 1 aromatic carbocycles. The molecule has 0 radical (unpaired) electrons. The van der Waals surface area contributed by atoms with E-state index in [1.165, 1.54) is 4.48 Å². The van der Waals surface area contributed by atoms with Crippen LogP contribution >= 0.6 is 22.6 Å². The zero-order valence-electron chi connectivity index (χ0n) is 14.4. The molecule has 2 aromatic heterocycles. The minimum atomic E-state index is -0.383. The number of hydrogen-bond acceptors (Lipinski definition) is 4. The summed E-state index contributed by atoms with van der Waals surface area (Å²) in [6, 6.07) is 5.00. The van der Waals surface area contributed by atoms with Gasteiger partial charge in [-0.1, -0.05) is 17.9 Å². The van der Waals surface area contributed by atoms with Gasteiger partial charge in [0.25, 0.3) is 3.91 Å². The van der Waals surface area contributed by atoms with Crippen molar-refractivity contribution in [1.82, 2.24) is 24.6 Å². The Bertz CT molecular complexity index is 1130. The van der Waals surface area contributed by atoms with Gasteiger partial charge < -0.3 is 9.79 Å². The van der Waals surface area contributed by atoms with Crippen molar-refractivity contribution >= 4 is 45.4 Å². The first kappa shape index (κ1) is 18.2. The molecule has 0 aliphatic rings. The highest BCUT2D eigenvalue weighted by molar-refractivity contribution is 14.1. The van der Waals surface area contributed by atoms with Crippen LogP contribution in [0, 0.1) is 11.8 Å². The lowest BCUT2D eigenvalue weighted by molar-refractivity contribution is 0.260. The fourth-order valence-corrected chi connectivity index (χ4v) is 3.15. The van der Waals surface area contributed by atoms with Gasteiger partial charge in [-0.15, -0.1) is 0 Å². The van der Waals surface area contributed by atoms with Gasteiger partial charge in [0.2, 0.25) is 13.5 Å². The van der Waals surface area contributed by atoms with Crippen LogP contribution in [0.15, 0.2) is 35.4 Å². The van der Waals surface area contributed by atoms with Crippen molar-refractivity contribution in [2.45, 2.75) is 13.0 Å². The molecule has 130 valence electrons. The SMILES string of the molecule is Bn1c([C@H](C)NC(=O)I)nc2cccc(C#Cc3cnn(C)c3)c2c1=O. The van der Waals surface area contributed by atoms with Crippen LogP contribution in [0.5, 0.6) is 0 Å². The molecular formula is C17H15BIN5O2. The zero-order chi connectivity index (χ0) is 18.8. The van der Waals surface area contributed by atoms with Gasteiger partial charge in [0.15, 0.2) is 0 Å². The second kappa shape index (κ2) is 7.33. The average Bonchev–Trinajstić information content (AvgIpc) is 3.00. The number of fused-ring (bicyclic) bond motifs is 1. The number of aromatic nitrogens is 4. The van der Waals surface area contributed by atoms with Crippen LogP contribution in [0.2, 0.25) is 0 Å². The molecule has 9 heteroatoms. The van der Waals surface area contributed by atoms with Crippen molar-refractivity contribution in [2.75, 3.05) is 0 Å². The molecular weight excluding hydrogens is 444 g/mol. The molecule has 3 rings (SSSR count). The van der Waals surface area contributed by atoms with Gasteiger partial charge in [-0.25, -0.2) is 4.98 Å². The first-order valence-corrected chi connectivity index (χ1v) is 8.91. The number of nitrogens with one attached hydrogen (secondary N) is 1. The minimum Gasteiger partial charge on any atom is -0.348 e. The summed E-state index contributed by atoms with van der Waals surface area (Å²) >= 11 is 1.66. The van der Waals surface area contributed by atoms with Crippen molar-refractivity contribution in [3.63, 3.8) is 0 Å². The number of carbonyl (C=O) groups is 1. The standard InChI is InChI=1S/C17H15BIN5O2/c1-10(21-17(19)26)15-22-13-5-3-4-12(14(13)16(25)24(15)18)7-6-11-8-20-23(2)9-11/h3-5,8-10H,18H2,1-2H3,(H,21,26)/t10-/m0/s1. The third-order valence-electron chi connectivity index (χ3n) is 3.90. The minimum absolute atomic E-state index is 0.198. The molecule has 2 heterocycles. The van der Waals surface area contributed by atoms with E-state index in [2.05, 4.69) is 27.2 Å². The van der Waals surface area contributed by atoms with Gasteiger partial charge in [0.1, 0.15) is 5.82 Å². The van der Waals surface area contributed by atoms with Crippen LogP contribution in [0.1, 0.15) is 29.9 Å². The lowest BCUT2D eigenvalue weighted by atomic mass is 10.1. The van der Waals surface area contributed by atoms with Crippen LogP contribution < -0.4 is 10.9 Å². The lowest BCUT2D eigenvalue weighted by Crippen LogP contribution is -2.31. The van der Waals surface area contributed by atoms with Gasteiger partial charge in [0, 0.05) is 41.4 Å². The van der Waals surface area contributed by atoms with E-state index in [1.807, 2.05) is 13.1 Å². The van der Waals surface area contributed by atoms with Crippen LogP contribution in [-0.4, -0.2) is 31.1 Å². The third kappa shape index (κ3) is 3.65. The lowest BCUT2D eigenvalue weighted by Gasteiger charge is -2.16. The smallest absolute Gasteiger partial charge is 0.281 e. The van der Waals surface area contributed by atoms with Crippen molar-refractivity contribution in [2.24, 2.45) is 7.05 Å². The van der Waals surface area contributed by atoms with Crippen molar-refractivity contribution in [3.8, 4) is 11.8 Å². The summed E-state index contributed by atoms with van der Waals surface area (Å²) in [6.45, 7) is 1.79. The quantitative estimate of drug-likeness (QED) is 0.205. The Kier molecular flexibility index (Phi) is 5.13. The molecule has 0 aliphatic carbocycles. The predicted octanol–water partition coefficient (Wildman–Crippen LogP) is 1.13. The maximum absolute atomic E-state index is 12.9. The van der Waals surface area contributed by atoms with E-state index in [9.17, 15) is 9.59 Å². The van der Waals surface area contributed by atoms with Gasteiger partial charge in [0.05, 0.1) is 28.7 Å². The maximum Gasteiger partial charge on any atom is 0.281 e. The normalized spacial score (nSPS) is 11.7. The Morgan fingerprint density at radius 1 is 1.38 bits per heavy atom. The summed E-state index contributed by atoms with van der Waals surface area (Å²) in [4.78, 5) is 28.8. The highest BCUT2D eigenvalue weighted by Crippen LogP contribution is 2.16. The summed E-state index contributed by atoms with van der Waals surface area (Å²) in [5.74, 6) is 6.55. The number of carbonyl (C=O) groups excluding carboxylic acids is 1. The number of hydrogen-bond donors (Lipinski definition) is 1. The average molecular weight is 459 g/mol. The molecule has 1 atom stereocenters. The summed E-state index contributed by atoms with van der Waals surface area (Å²) in [5, 5.41) is 7.28. The monoisotopic (exact) mass is 459 g/mol. The first-order valence-electron chi connectivity index (χ1n) is 7.83. The van der Waals surface area contributed by atoms with Crippen molar-refractivity contribution in [1.29, 1.82) is 0 Å². The topological polar surface area (TPSA) is 81.8 Å². The predicted molar refractivity (Wildman–Crippen MR) is 110 cm³/mol. The van der Waals surface area contributed by atoms with Crippen LogP contribution in [0.25, 0.3) is 10.9 Å². The third-order valence-corrected chi connectivity index (χ3v) is 4.21. The molecule has 1 amide bonds. The summed E-state index contributed by atoms with van der Waals surface area (Å²) in [5.41, 5.74) is 1.73. The van der Waals surface area contributed by atoms with Gasteiger partial charge in [-0.2, -0.15) is 5.10 Å². The maximum atomic E-state index is 12.9. The van der Waals surface area contributed by atoms with Crippen LogP contribution in [0.4, 0.5) is 4.79 Å². The number of aryl methyl sites for hydroxylation is 1. The molecule has 0 unspecified atom stereocenters. The van der Waals surface area contributed by atoms with E-state index in [1.54, 1.807) is 66.7 Å². The van der Waals surface area contributed by atoms with E-state index in [-0.39, 0.29) is 15.5 Å². The number of halogens is 1. The van der Waals surface area contributed by atoms with E-state index >= 15 is 0 Å². The van der Waals surface area contributed by atoms with Crippen LogP contribution in [0.3, 0.4) is 0 Å². The van der Waals surface area contributed by atoms with Crippen LogP contribution in [-0.2, 0) is 7.05 Å². The Hall–Kier alpha value is -2.61. The van der Waals surface area contributed by atoms with Gasteiger partial charge in [-0.05, 0) is 19.1 Å². The number of nitrogens with zero attached hydrogens (tertiary/aromatic N) is 4. The first-order chi connectivity index (χ1) is 12.4. The summed E-state index contributed by atoms with van der Waals surface area (Å²) in [7, 11) is 3.46. The molecule has 0 bridgehead atoms. The highest BCUT2D eigenvalue weighted by atomic mass is 127. The number of amides is 1. The van der Waals surface area contributed by atoms with E-state index in [4.69, 9.17) is 0 Å². The Morgan fingerprint density at radius 2 is 2.15 bits per heavy atom. The fraction of sp³-hybridized carbons (Fsp3) is 0.176. The molecule has 1 N–H and O–H groups in total. The van der Waals surface area contributed by atoms with Gasteiger partial charge in [-0.3, -0.25) is 14.3 Å². The molecule has 0 aliphatic heterocycles. The zero-order valence-corrected chi connectivity index (χ0v) is 16.6.